The molecular weight excluding hydrogens is 120 g/mol. The molecule has 0 saturated carbocycles. The molecule has 0 amide bonds. The Labute approximate surface area is 62.2 Å². The fourth-order valence-corrected chi connectivity index (χ4v) is 0.860. The molecule has 0 nitrogen and oxygen atoms in total. The zero-order valence-electron chi connectivity index (χ0n) is 6.17. The van der Waals surface area contributed by atoms with E-state index in [9.17, 15) is 0 Å². The van der Waals surface area contributed by atoms with E-state index in [1.54, 1.807) is 6.08 Å². The molecule has 0 aromatic heterocycles. The van der Waals surface area contributed by atoms with Crippen LogP contribution in [0.4, 0.5) is 0 Å². The Balaban J connectivity index is 2.78. The number of hydrogen-bond donors (Lipinski definition) is 0. The fourth-order valence-electron chi connectivity index (χ4n) is 0.860. The van der Waals surface area contributed by atoms with E-state index in [-0.39, 0.29) is 0 Å². The van der Waals surface area contributed by atoms with Crippen molar-refractivity contribution >= 4 is 0 Å². The molecule has 0 saturated heterocycles. The van der Waals surface area contributed by atoms with Crippen LogP contribution < -0.4 is 0 Å². The summed E-state index contributed by atoms with van der Waals surface area (Å²) < 4.78 is 0. The molecule has 1 aromatic carbocycles. The molecule has 1 aromatic rings. The van der Waals surface area contributed by atoms with Crippen molar-refractivity contribution in [2.75, 3.05) is 0 Å². The first kappa shape index (κ1) is 7.07. The predicted molar refractivity (Wildman–Crippen MR) is 43.8 cm³/mol. The molecule has 0 unspecified atom stereocenters. The van der Waals surface area contributed by atoms with E-state index in [2.05, 4.69) is 31.2 Å². The topological polar surface area (TPSA) is 0 Å². The van der Waals surface area contributed by atoms with E-state index in [1.807, 2.05) is 0 Å². The van der Waals surface area contributed by atoms with E-state index >= 15 is 0 Å². The lowest BCUT2D eigenvalue weighted by Crippen LogP contribution is -1.79. The van der Waals surface area contributed by atoms with Crippen molar-refractivity contribution in [1.82, 2.24) is 0 Å². The normalized spacial score (nSPS) is 9.30. The highest BCUT2D eigenvalue weighted by Gasteiger charge is 1.86. The average Bonchev–Trinajstić information content (AvgIpc) is 1.95. The second kappa shape index (κ2) is 3.21. The molecule has 1 rings (SSSR count). The van der Waals surface area contributed by atoms with Gasteiger partial charge in [0.15, 0.2) is 0 Å². The van der Waals surface area contributed by atoms with Crippen molar-refractivity contribution < 1.29 is 0 Å². The summed E-state index contributed by atoms with van der Waals surface area (Å²) in [6.45, 7) is 7.35. The SMILES string of the molecule is [CH]=CCc1ccc(C)cc1. The lowest BCUT2D eigenvalue weighted by molar-refractivity contribution is 1.26. The number of benzene rings is 1. The molecular formula is C10H11. The monoisotopic (exact) mass is 131 g/mol. The highest BCUT2D eigenvalue weighted by atomic mass is 13.9. The van der Waals surface area contributed by atoms with Crippen LogP contribution in [-0.4, -0.2) is 0 Å². The minimum absolute atomic E-state index is 0.861. The van der Waals surface area contributed by atoms with Gasteiger partial charge in [-0.05, 0) is 18.9 Å². The molecule has 0 fully saturated rings. The summed E-state index contributed by atoms with van der Waals surface area (Å²) in [5.74, 6) is 0. The first-order valence-electron chi connectivity index (χ1n) is 3.42. The van der Waals surface area contributed by atoms with Gasteiger partial charge in [0.1, 0.15) is 0 Å². The maximum absolute atomic E-state index is 5.27. The first-order chi connectivity index (χ1) is 4.83. The van der Waals surface area contributed by atoms with Crippen molar-refractivity contribution in [3.8, 4) is 0 Å². The van der Waals surface area contributed by atoms with E-state index < -0.39 is 0 Å². The highest BCUT2D eigenvalue weighted by Crippen LogP contribution is 2.03. The third kappa shape index (κ3) is 1.73. The number of aryl methyl sites for hydroxylation is 1. The number of allylic oxidation sites excluding steroid dienone is 1. The highest BCUT2D eigenvalue weighted by molar-refractivity contribution is 5.22. The van der Waals surface area contributed by atoms with Crippen LogP contribution in [0.15, 0.2) is 30.3 Å². The minimum atomic E-state index is 0.861. The molecule has 51 valence electrons. The standard InChI is InChI=1S/C10H11/c1-3-4-10-7-5-9(2)6-8-10/h1,3,5-8H,4H2,2H3. The summed E-state index contributed by atoms with van der Waals surface area (Å²) in [6, 6.07) is 8.38. The predicted octanol–water partition coefficient (Wildman–Crippen LogP) is 2.53. The second-order valence-corrected chi connectivity index (χ2v) is 2.43. The van der Waals surface area contributed by atoms with Crippen molar-refractivity contribution in [3.63, 3.8) is 0 Å². The number of hydrogen-bond acceptors (Lipinski definition) is 0. The van der Waals surface area contributed by atoms with Crippen molar-refractivity contribution in [2.45, 2.75) is 13.3 Å². The van der Waals surface area contributed by atoms with Gasteiger partial charge in [0.2, 0.25) is 0 Å². The van der Waals surface area contributed by atoms with Crippen LogP contribution in [-0.2, 0) is 6.42 Å². The van der Waals surface area contributed by atoms with Gasteiger partial charge < -0.3 is 0 Å². The Hall–Kier alpha value is -1.04. The molecule has 0 bridgehead atoms. The van der Waals surface area contributed by atoms with Crippen LogP contribution in [0.25, 0.3) is 0 Å². The Morgan fingerprint density at radius 1 is 1.30 bits per heavy atom. The van der Waals surface area contributed by atoms with Crippen molar-refractivity contribution in [3.05, 3.63) is 48.0 Å². The Kier molecular flexibility index (Phi) is 2.27. The van der Waals surface area contributed by atoms with Gasteiger partial charge in [0, 0.05) is 0 Å². The summed E-state index contributed by atoms with van der Waals surface area (Å²) >= 11 is 0. The zero-order valence-corrected chi connectivity index (χ0v) is 6.17. The molecule has 0 heteroatoms. The summed E-state index contributed by atoms with van der Waals surface area (Å²) in [5.41, 5.74) is 2.56. The molecule has 1 radical (unpaired) electrons. The third-order valence-corrected chi connectivity index (χ3v) is 1.47. The van der Waals surface area contributed by atoms with E-state index in [1.165, 1.54) is 11.1 Å². The fraction of sp³-hybridized carbons (Fsp3) is 0.200. The lowest BCUT2D eigenvalue weighted by atomic mass is 10.1. The van der Waals surface area contributed by atoms with Crippen LogP contribution in [0.2, 0.25) is 0 Å². The van der Waals surface area contributed by atoms with Crippen molar-refractivity contribution in [2.24, 2.45) is 0 Å². The van der Waals surface area contributed by atoms with Gasteiger partial charge in [-0.25, -0.2) is 0 Å². The van der Waals surface area contributed by atoms with Crippen LogP contribution in [0, 0.1) is 13.5 Å². The summed E-state index contributed by atoms with van der Waals surface area (Å²) in [7, 11) is 0. The maximum atomic E-state index is 5.27. The molecule has 0 N–H and O–H groups in total. The van der Waals surface area contributed by atoms with Crippen LogP contribution in [0.5, 0.6) is 0 Å². The quantitative estimate of drug-likeness (QED) is 0.578. The Bertz CT molecular complexity index is 206. The Morgan fingerprint density at radius 3 is 2.40 bits per heavy atom. The molecule has 0 aliphatic rings. The van der Waals surface area contributed by atoms with E-state index in [0.29, 0.717) is 0 Å². The molecule has 0 aliphatic carbocycles. The maximum Gasteiger partial charge on any atom is -0.00943 e. The summed E-state index contributed by atoms with van der Waals surface area (Å²) in [4.78, 5) is 0. The number of rotatable bonds is 2. The van der Waals surface area contributed by atoms with Crippen LogP contribution in [0.1, 0.15) is 11.1 Å². The molecule has 10 heavy (non-hydrogen) atoms. The lowest BCUT2D eigenvalue weighted by Gasteiger charge is -1.95. The first-order valence-corrected chi connectivity index (χ1v) is 3.42. The summed E-state index contributed by atoms with van der Waals surface area (Å²) in [5, 5.41) is 0. The van der Waals surface area contributed by atoms with Gasteiger partial charge in [0.05, 0.1) is 0 Å². The Morgan fingerprint density at radius 2 is 1.90 bits per heavy atom. The summed E-state index contributed by atoms with van der Waals surface area (Å²) in [6.07, 6.45) is 2.53. The molecule has 0 heterocycles. The van der Waals surface area contributed by atoms with Gasteiger partial charge >= 0.3 is 0 Å². The molecule has 0 atom stereocenters. The van der Waals surface area contributed by atoms with Crippen LogP contribution in [0.3, 0.4) is 0 Å². The van der Waals surface area contributed by atoms with E-state index in [4.69, 9.17) is 6.58 Å². The van der Waals surface area contributed by atoms with Gasteiger partial charge in [-0.1, -0.05) is 42.5 Å². The second-order valence-electron chi connectivity index (χ2n) is 2.43. The van der Waals surface area contributed by atoms with Crippen molar-refractivity contribution in [1.29, 1.82) is 0 Å². The molecule has 0 aliphatic heterocycles. The van der Waals surface area contributed by atoms with Gasteiger partial charge in [-0.2, -0.15) is 0 Å². The van der Waals surface area contributed by atoms with Gasteiger partial charge in [0.25, 0.3) is 0 Å². The third-order valence-electron chi connectivity index (χ3n) is 1.47. The van der Waals surface area contributed by atoms with Gasteiger partial charge in [-0.15, -0.1) is 0 Å². The van der Waals surface area contributed by atoms with Crippen LogP contribution >= 0.6 is 0 Å². The molecule has 0 spiro atoms. The smallest absolute Gasteiger partial charge is 0.00943 e. The van der Waals surface area contributed by atoms with E-state index in [0.717, 1.165) is 6.42 Å². The largest absolute Gasteiger partial charge is 0.0801 e. The minimum Gasteiger partial charge on any atom is -0.0801 e. The zero-order chi connectivity index (χ0) is 7.40. The average molecular weight is 131 g/mol. The van der Waals surface area contributed by atoms with Gasteiger partial charge in [-0.3, -0.25) is 0 Å².